The molecule has 0 spiro atoms. The molecule has 1 aliphatic carbocycles. The Morgan fingerprint density at radius 2 is 2.27 bits per heavy atom. The van der Waals surface area contributed by atoms with Crippen molar-refractivity contribution in [2.24, 2.45) is 11.8 Å². The van der Waals surface area contributed by atoms with Crippen LogP contribution < -0.4 is 15.2 Å². The molecule has 3 aliphatic heterocycles. The van der Waals surface area contributed by atoms with Crippen molar-refractivity contribution in [1.82, 2.24) is 15.2 Å². The van der Waals surface area contributed by atoms with Gasteiger partial charge in [0.2, 0.25) is 5.91 Å². The smallest absolute Gasteiger partial charge is 0.220 e. The summed E-state index contributed by atoms with van der Waals surface area (Å²) in [7, 11) is 0. The van der Waals surface area contributed by atoms with E-state index >= 15 is 0 Å². The van der Waals surface area contributed by atoms with Crippen molar-refractivity contribution in [2.75, 3.05) is 19.6 Å². The van der Waals surface area contributed by atoms with Gasteiger partial charge in [0, 0.05) is 13.0 Å². The lowest BCUT2D eigenvalue weighted by atomic mass is 9.77. The van der Waals surface area contributed by atoms with Gasteiger partial charge in [0.25, 0.3) is 0 Å². The number of carbonyl (C=O) groups is 1. The molecule has 4 aliphatic rings. The first kappa shape index (κ1) is 14.4. The molecule has 0 aromatic carbocycles. The van der Waals surface area contributed by atoms with Crippen molar-refractivity contribution >= 4 is 29.4 Å². The normalized spacial score (nSPS) is 32.7. The maximum Gasteiger partial charge on any atom is 0.220 e. The van der Waals surface area contributed by atoms with Crippen LogP contribution in [0.1, 0.15) is 32.1 Å². The first-order valence-electron chi connectivity index (χ1n) is 8.41. The van der Waals surface area contributed by atoms with E-state index in [4.69, 9.17) is 0 Å². The van der Waals surface area contributed by atoms with Gasteiger partial charge in [-0.3, -0.25) is 4.79 Å². The van der Waals surface area contributed by atoms with Gasteiger partial charge < -0.3 is 10.2 Å². The van der Waals surface area contributed by atoms with Crippen LogP contribution in [0.4, 0.5) is 0 Å². The van der Waals surface area contributed by atoms with E-state index in [2.05, 4.69) is 27.4 Å². The zero-order valence-corrected chi connectivity index (χ0v) is 13.6. The van der Waals surface area contributed by atoms with Gasteiger partial charge in [0.15, 0.2) is 0 Å². The molecule has 1 aromatic heterocycles. The second kappa shape index (κ2) is 6.13. The zero-order chi connectivity index (χ0) is 14.9. The lowest BCUT2D eigenvalue weighted by Gasteiger charge is -2.45. The number of carbonyl (C=O) groups excluding carboxylic acids is 1. The summed E-state index contributed by atoms with van der Waals surface area (Å²) >= 11 is 1.67. The molecule has 0 saturated carbocycles. The molecule has 1 aromatic rings. The Labute approximate surface area is 134 Å². The zero-order valence-electron chi connectivity index (χ0n) is 12.8. The highest BCUT2D eigenvalue weighted by Crippen LogP contribution is 2.34. The third-order valence-corrected chi connectivity index (χ3v) is 6.26. The predicted molar refractivity (Wildman–Crippen MR) is 88.7 cm³/mol. The van der Waals surface area contributed by atoms with Crippen LogP contribution in [0, 0.1) is 11.8 Å². The molecular weight excluding hydrogens is 294 g/mol. The fraction of sp³-hybridized carbons (Fsp3) is 0.647. The monoisotopic (exact) mass is 317 g/mol. The molecule has 22 heavy (non-hydrogen) atoms. The van der Waals surface area contributed by atoms with Crippen LogP contribution in [0.2, 0.25) is 0 Å². The molecule has 4 nitrogen and oxygen atoms in total. The Kier molecular flexibility index (Phi) is 4.01. The summed E-state index contributed by atoms with van der Waals surface area (Å²) < 4.78 is 1.23. The highest BCUT2D eigenvalue weighted by molar-refractivity contribution is 7.07. The summed E-state index contributed by atoms with van der Waals surface area (Å²) in [5, 5.41) is 4.19. The molecule has 3 fully saturated rings. The van der Waals surface area contributed by atoms with E-state index in [9.17, 15) is 4.79 Å². The van der Waals surface area contributed by atoms with Gasteiger partial charge in [-0.2, -0.15) is 0 Å². The number of rotatable bonds is 4. The third-order valence-electron chi connectivity index (χ3n) is 5.42. The first-order chi connectivity index (χ1) is 10.8. The van der Waals surface area contributed by atoms with Gasteiger partial charge in [-0.05, 0) is 56.7 Å². The van der Waals surface area contributed by atoms with Crippen molar-refractivity contribution < 1.29 is 4.79 Å². The molecule has 1 amide bonds. The molecule has 2 bridgehead atoms. The lowest BCUT2D eigenvalue weighted by molar-refractivity contribution is -0.122. The van der Waals surface area contributed by atoms with Crippen molar-refractivity contribution in [2.45, 2.75) is 38.1 Å². The van der Waals surface area contributed by atoms with E-state index in [1.807, 2.05) is 5.51 Å². The summed E-state index contributed by atoms with van der Waals surface area (Å²) in [6, 6.07) is 0.119. The Morgan fingerprint density at radius 1 is 1.41 bits per heavy atom. The average Bonchev–Trinajstić information content (AvgIpc) is 3.02. The van der Waals surface area contributed by atoms with Gasteiger partial charge in [-0.25, -0.2) is 4.98 Å². The summed E-state index contributed by atoms with van der Waals surface area (Å²) in [6.07, 6.45) is 9.56. The van der Waals surface area contributed by atoms with Crippen LogP contribution in [-0.2, 0) is 4.79 Å². The average molecular weight is 317 g/mol. The summed E-state index contributed by atoms with van der Waals surface area (Å²) in [5.74, 6) is 1.80. The van der Waals surface area contributed by atoms with Crippen LogP contribution in [0.15, 0.2) is 5.51 Å². The van der Waals surface area contributed by atoms with E-state index < -0.39 is 0 Å². The Bertz CT molecular complexity index is 660. The van der Waals surface area contributed by atoms with Crippen LogP contribution in [0.25, 0.3) is 12.2 Å². The number of nitrogens with zero attached hydrogens (tertiary/aromatic N) is 2. The summed E-state index contributed by atoms with van der Waals surface area (Å²) in [4.78, 5) is 19.1. The van der Waals surface area contributed by atoms with Crippen LogP contribution >= 0.6 is 11.3 Å². The van der Waals surface area contributed by atoms with E-state index in [0.717, 1.165) is 30.0 Å². The number of aromatic nitrogens is 1. The van der Waals surface area contributed by atoms with E-state index in [1.54, 1.807) is 11.3 Å². The minimum atomic E-state index is 0.119. The first-order valence-corrected chi connectivity index (χ1v) is 9.29. The largest absolute Gasteiger partial charge is 0.350 e. The fourth-order valence-corrected chi connectivity index (χ4v) is 4.86. The van der Waals surface area contributed by atoms with Crippen molar-refractivity contribution in [3.05, 3.63) is 15.4 Å². The number of thiazole rings is 1. The van der Waals surface area contributed by atoms with E-state index in [1.165, 1.54) is 37.0 Å². The van der Waals surface area contributed by atoms with E-state index in [0.29, 0.717) is 6.42 Å². The molecule has 3 saturated heterocycles. The number of fused-ring (bicyclic) bond motifs is 4. The summed E-state index contributed by atoms with van der Waals surface area (Å²) in [6.45, 7) is 3.76. The van der Waals surface area contributed by atoms with Gasteiger partial charge in [-0.15, -0.1) is 11.3 Å². The highest BCUT2D eigenvalue weighted by atomic mass is 32.1. The van der Waals surface area contributed by atoms with Crippen LogP contribution in [0.3, 0.4) is 0 Å². The number of hydrogen-bond donors (Lipinski definition) is 1. The molecular formula is C17H23N3OS. The number of piperidine rings is 3. The summed E-state index contributed by atoms with van der Waals surface area (Å²) in [5.41, 5.74) is 1.87. The topological polar surface area (TPSA) is 45.2 Å². The maximum atomic E-state index is 12.2. The molecule has 0 radical (unpaired) electrons. The molecule has 5 heteroatoms. The van der Waals surface area contributed by atoms with E-state index in [-0.39, 0.29) is 11.9 Å². The van der Waals surface area contributed by atoms with Gasteiger partial charge >= 0.3 is 0 Å². The SMILES string of the molecule is O=C(CCC1CN2CCC1CC2)NC1C=c2ncsc2=CC1. The Hall–Kier alpha value is -1.20. The lowest BCUT2D eigenvalue weighted by Crippen LogP contribution is -2.47. The molecule has 118 valence electrons. The Morgan fingerprint density at radius 3 is 3.05 bits per heavy atom. The van der Waals surface area contributed by atoms with Crippen molar-refractivity contribution in [1.29, 1.82) is 0 Å². The predicted octanol–water partition coefficient (Wildman–Crippen LogP) is 0.715. The second-order valence-electron chi connectivity index (χ2n) is 6.82. The van der Waals surface area contributed by atoms with Crippen molar-refractivity contribution in [3.63, 3.8) is 0 Å². The number of nitrogens with one attached hydrogen (secondary N) is 1. The van der Waals surface area contributed by atoms with Crippen LogP contribution in [0.5, 0.6) is 0 Å². The number of hydrogen-bond acceptors (Lipinski definition) is 4. The Balaban J connectivity index is 1.28. The highest BCUT2D eigenvalue weighted by Gasteiger charge is 2.33. The minimum Gasteiger partial charge on any atom is -0.350 e. The molecule has 2 unspecified atom stereocenters. The maximum absolute atomic E-state index is 12.2. The minimum absolute atomic E-state index is 0.119. The molecule has 4 heterocycles. The standard InChI is InChI=1S/C17H23N3OS/c21-17(4-1-13-10-20-7-5-12(13)6-8-20)19-14-2-3-16-15(9-14)18-11-22-16/h3,9,11-14H,1-2,4-8,10H2,(H,19,21). The quantitative estimate of drug-likeness (QED) is 0.890. The van der Waals surface area contributed by atoms with Crippen LogP contribution in [-0.4, -0.2) is 41.5 Å². The van der Waals surface area contributed by atoms with Gasteiger partial charge in [-0.1, -0.05) is 6.08 Å². The molecule has 5 rings (SSSR count). The third kappa shape index (κ3) is 2.97. The fourth-order valence-electron chi connectivity index (χ4n) is 4.15. The molecule has 2 atom stereocenters. The van der Waals surface area contributed by atoms with Gasteiger partial charge in [0.1, 0.15) is 0 Å². The second-order valence-corrected chi connectivity index (χ2v) is 7.71. The van der Waals surface area contributed by atoms with Crippen molar-refractivity contribution in [3.8, 4) is 0 Å². The number of amides is 1. The molecule has 1 N–H and O–H groups in total. The van der Waals surface area contributed by atoms with Gasteiger partial charge in [0.05, 0.1) is 21.4 Å².